The van der Waals surface area contributed by atoms with Crippen LogP contribution in [0.2, 0.25) is 5.02 Å². The minimum absolute atomic E-state index is 0.176. The van der Waals surface area contributed by atoms with Crippen LogP contribution in [0, 0.1) is 12.7 Å². The number of fused-ring (bicyclic) bond motifs is 1. The SMILES string of the molecule is Cc1ccc(Cl)c2sc(N3CCN(CCNC(=O)c4ccc(F)cc4)CC3)nc12. The first-order chi connectivity index (χ1) is 14.0. The molecule has 0 atom stereocenters. The summed E-state index contributed by atoms with van der Waals surface area (Å²) in [6.07, 6.45) is 0. The number of hydrogen-bond acceptors (Lipinski definition) is 5. The Kier molecular flexibility index (Phi) is 5.99. The summed E-state index contributed by atoms with van der Waals surface area (Å²) in [5.41, 5.74) is 2.60. The first-order valence-corrected chi connectivity index (χ1v) is 10.8. The zero-order valence-electron chi connectivity index (χ0n) is 16.1. The van der Waals surface area contributed by atoms with Crippen LogP contribution in [0.5, 0.6) is 0 Å². The Balaban J connectivity index is 1.27. The summed E-state index contributed by atoms with van der Waals surface area (Å²) < 4.78 is 14.0. The molecule has 1 fully saturated rings. The van der Waals surface area contributed by atoms with Crippen molar-refractivity contribution in [2.45, 2.75) is 6.92 Å². The third-order valence-corrected chi connectivity index (χ3v) is 6.73. The maximum Gasteiger partial charge on any atom is 0.251 e. The highest BCUT2D eigenvalue weighted by Gasteiger charge is 2.21. The standard InChI is InChI=1S/C21H22ClFN4OS/c1-14-2-7-17(22)19-18(14)25-21(29-19)27-12-10-26(11-13-27)9-8-24-20(28)15-3-5-16(23)6-4-15/h2-7H,8-13H2,1H3,(H,24,28). The van der Waals surface area contributed by atoms with Crippen LogP contribution < -0.4 is 10.2 Å². The lowest BCUT2D eigenvalue weighted by Gasteiger charge is -2.34. The molecule has 1 N–H and O–H groups in total. The fraction of sp³-hybridized carbons (Fsp3) is 0.333. The molecule has 3 aromatic rings. The van der Waals surface area contributed by atoms with Crippen molar-refractivity contribution in [2.24, 2.45) is 0 Å². The van der Waals surface area contributed by atoms with Gasteiger partial charge in [0, 0.05) is 44.8 Å². The molecule has 1 aromatic heterocycles. The van der Waals surface area contributed by atoms with Gasteiger partial charge in [-0.25, -0.2) is 9.37 Å². The molecule has 29 heavy (non-hydrogen) atoms. The predicted molar refractivity (Wildman–Crippen MR) is 117 cm³/mol. The first kappa shape index (κ1) is 20.1. The highest BCUT2D eigenvalue weighted by molar-refractivity contribution is 7.22. The van der Waals surface area contributed by atoms with Crippen molar-refractivity contribution in [3.05, 3.63) is 58.4 Å². The van der Waals surface area contributed by atoms with Crippen LogP contribution in [-0.2, 0) is 0 Å². The van der Waals surface area contributed by atoms with E-state index in [0.717, 1.165) is 58.7 Å². The summed E-state index contributed by atoms with van der Waals surface area (Å²) in [7, 11) is 0. The molecule has 0 unspecified atom stereocenters. The monoisotopic (exact) mass is 432 g/mol. The van der Waals surface area contributed by atoms with Crippen molar-refractivity contribution < 1.29 is 9.18 Å². The largest absolute Gasteiger partial charge is 0.351 e. The van der Waals surface area contributed by atoms with E-state index in [1.165, 1.54) is 24.3 Å². The number of rotatable bonds is 5. The number of anilines is 1. The quantitative estimate of drug-likeness (QED) is 0.663. The van der Waals surface area contributed by atoms with E-state index in [-0.39, 0.29) is 11.7 Å². The van der Waals surface area contributed by atoms with Gasteiger partial charge in [0.15, 0.2) is 5.13 Å². The number of hydrogen-bond donors (Lipinski definition) is 1. The van der Waals surface area contributed by atoms with Gasteiger partial charge in [-0.1, -0.05) is 29.0 Å². The molecule has 0 spiro atoms. The zero-order valence-corrected chi connectivity index (χ0v) is 17.7. The van der Waals surface area contributed by atoms with E-state index in [2.05, 4.69) is 22.0 Å². The molecular formula is C21H22ClFN4OS. The molecule has 152 valence electrons. The Labute approximate surface area is 178 Å². The second kappa shape index (κ2) is 8.65. The Morgan fingerprint density at radius 1 is 1.17 bits per heavy atom. The van der Waals surface area contributed by atoms with Crippen molar-refractivity contribution in [2.75, 3.05) is 44.2 Å². The molecule has 0 saturated carbocycles. The van der Waals surface area contributed by atoms with E-state index in [1.807, 2.05) is 12.1 Å². The molecule has 2 aromatic carbocycles. The number of nitrogens with zero attached hydrogens (tertiary/aromatic N) is 3. The van der Waals surface area contributed by atoms with E-state index < -0.39 is 0 Å². The number of piperazine rings is 1. The van der Waals surface area contributed by atoms with Crippen molar-refractivity contribution >= 4 is 44.2 Å². The summed E-state index contributed by atoms with van der Waals surface area (Å²) in [5.74, 6) is -0.518. The maximum absolute atomic E-state index is 12.9. The molecule has 4 rings (SSSR count). The molecular weight excluding hydrogens is 411 g/mol. The number of benzene rings is 2. The lowest BCUT2D eigenvalue weighted by atomic mass is 10.2. The fourth-order valence-corrected chi connectivity index (χ4v) is 4.79. The lowest BCUT2D eigenvalue weighted by Crippen LogP contribution is -2.48. The molecule has 1 saturated heterocycles. The number of carbonyl (C=O) groups excluding carboxylic acids is 1. The average molecular weight is 433 g/mol. The van der Waals surface area contributed by atoms with Crippen LogP contribution in [0.4, 0.5) is 9.52 Å². The van der Waals surface area contributed by atoms with E-state index >= 15 is 0 Å². The second-order valence-corrected chi connectivity index (χ2v) is 8.51. The van der Waals surface area contributed by atoms with Gasteiger partial charge in [-0.2, -0.15) is 0 Å². The Morgan fingerprint density at radius 3 is 2.59 bits per heavy atom. The van der Waals surface area contributed by atoms with Crippen LogP contribution in [0.1, 0.15) is 15.9 Å². The molecule has 0 aliphatic carbocycles. The topological polar surface area (TPSA) is 48.5 Å². The number of carbonyl (C=O) groups is 1. The average Bonchev–Trinajstić information content (AvgIpc) is 3.19. The zero-order chi connectivity index (χ0) is 20.4. The molecule has 0 bridgehead atoms. The number of halogens is 2. The number of thiazole rings is 1. The summed E-state index contributed by atoms with van der Waals surface area (Å²) in [5, 5.41) is 4.67. The van der Waals surface area contributed by atoms with Gasteiger partial charge in [0.2, 0.25) is 0 Å². The summed E-state index contributed by atoms with van der Waals surface area (Å²) in [6.45, 7) is 7.01. The van der Waals surface area contributed by atoms with Gasteiger partial charge >= 0.3 is 0 Å². The van der Waals surface area contributed by atoms with Crippen LogP contribution >= 0.6 is 22.9 Å². The smallest absolute Gasteiger partial charge is 0.251 e. The minimum atomic E-state index is -0.343. The van der Waals surface area contributed by atoms with Gasteiger partial charge in [-0.15, -0.1) is 0 Å². The maximum atomic E-state index is 12.9. The minimum Gasteiger partial charge on any atom is -0.351 e. The first-order valence-electron chi connectivity index (χ1n) is 9.58. The van der Waals surface area contributed by atoms with E-state index in [1.54, 1.807) is 11.3 Å². The molecule has 1 amide bonds. The highest BCUT2D eigenvalue weighted by atomic mass is 35.5. The van der Waals surface area contributed by atoms with Crippen molar-refractivity contribution in [3.63, 3.8) is 0 Å². The third kappa shape index (κ3) is 4.52. The molecule has 1 aliphatic rings. The van der Waals surface area contributed by atoms with Gasteiger partial charge < -0.3 is 10.2 Å². The molecule has 1 aliphatic heterocycles. The highest BCUT2D eigenvalue weighted by Crippen LogP contribution is 2.35. The van der Waals surface area contributed by atoms with E-state index in [4.69, 9.17) is 16.6 Å². The Morgan fingerprint density at radius 2 is 1.90 bits per heavy atom. The van der Waals surface area contributed by atoms with Gasteiger partial charge in [-0.3, -0.25) is 9.69 Å². The normalized spacial score (nSPS) is 15.1. The number of amides is 1. The van der Waals surface area contributed by atoms with Crippen LogP contribution in [0.3, 0.4) is 0 Å². The summed E-state index contributed by atoms with van der Waals surface area (Å²) >= 11 is 7.98. The Bertz CT molecular complexity index is 976. The lowest BCUT2D eigenvalue weighted by molar-refractivity contribution is 0.0947. The molecule has 5 nitrogen and oxygen atoms in total. The number of aromatic nitrogens is 1. The van der Waals surface area contributed by atoms with Gasteiger partial charge in [0.25, 0.3) is 5.91 Å². The molecule has 2 heterocycles. The predicted octanol–water partition coefficient (Wildman–Crippen LogP) is 3.95. The van der Waals surface area contributed by atoms with Gasteiger partial charge in [0.1, 0.15) is 5.82 Å². The van der Waals surface area contributed by atoms with E-state index in [9.17, 15) is 9.18 Å². The van der Waals surface area contributed by atoms with Crippen molar-refractivity contribution in [1.82, 2.24) is 15.2 Å². The number of aryl methyl sites for hydroxylation is 1. The third-order valence-electron chi connectivity index (χ3n) is 5.15. The molecule has 0 radical (unpaired) electrons. The summed E-state index contributed by atoms with van der Waals surface area (Å²) in [6, 6.07) is 9.52. The summed E-state index contributed by atoms with van der Waals surface area (Å²) in [4.78, 5) is 21.5. The number of nitrogens with one attached hydrogen (secondary N) is 1. The van der Waals surface area contributed by atoms with Crippen molar-refractivity contribution in [3.8, 4) is 0 Å². The van der Waals surface area contributed by atoms with Gasteiger partial charge in [-0.05, 0) is 42.8 Å². The van der Waals surface area contributed by atoms with Gasteiger partial charge in [0.05, 0.1) is 15.2 Å². The Hall–Kier alpha value is -2.22. The van der Waals surface area contributed by atoms with Crippen molar-refractivity contribution in [1.29, 1.82) is 0 Å². The molecule has 8 heteroatoms. The second-order valence-electron chi connectivity index (χ2n) is 7.13. The van der Waals surface area contributed by atoms with E-state index in [0.29, 0.717) is 12.1 Å². The fourth-order valence-electron chi connectivity index (χ4n) is 3.42. The van der Waals surface area contributed by atoms with Crippen LogP contribution in [0.15, 0.2) is 36.4 Å². The van der Waals surface area contributed by atoms with Crippen LogP contribution in [0.25, 0.3) is 10.2 Å². The van der Waals surface area contributed by atoms with Crippen LogP contribution in [-0.4, -0.2) is 55.1 Å².